The molecule has 3 heterocycles. The number of likely N-dealkylation sites (tertiary alicyclic amines) is 1. The van der Waals surface area contributed by atoms with Crippen molar-refractivity contribution >= 4 is 17.6 Å². The number of piperidine rings is 1. The minimum absolute atomic E-state index is 0.0184. The molecule has 1 aromatic carbocycles. The maximum atomic E-state index is 12.8. The number of rotatable bonds is 5. The third-order valence-corrected chi connectivity index (χ3v) is 5.06. The number of para-hydroxylation sites is 1. The normalized spacial score (nSPS) is 17.3. The Bertz CT molecular complexity index is 995. The number of fused-ring (bicyclic) bond motifs is 1. The fourth-order valence-electron chi connectivity index (χ4n) is 3.70. The zero-order valence-corrected chi connectivity index (χ0v) is 16.0. The molecule has 28 heavy (non-hydrogen) atoms. The third-order valence-electron chi connectivity index (χ3n) is 5.06. The van der Waals surface area contributed by atoms with Crippen LogP contribution in [0, 0.1) is 0 Å². The van der Waals surface area contributed by atoms with Crippen LogP contribution in [0.3, 0.4) is 0 Å². The lowest BCUT2D eigenvalue weighted by Crippen LogP contribution is -2.38. The van der Waals surface area contributed by atoms with Crippen LogP contribution < -0.4 is 4.74 Å². The summed E-state index contributed by atoms with van der Waals surface area (Å²) in [6.07, 6.45) is 7.43. The second-order valence-corrected chi connectivity index (χ2v) is 6.91. The van der Waals surface area contributed by atoms with Crippen LogP contribution >= 0.6 is 0 Å². The lowest BCUT2D eigenvalue weighted by atomic mass is 9.97. The quantitative estimate of drug-likeness (QED) is 0.639. The van der Waals surface area contributed by atoms with Crippen LogP contribution in [-0.4, -0.2) is 45.1 Å². The van der Waals surface area contributed by atoms with Crippen molar-refractivity contribution in [3.63, 3.8) is 0 Å². The van der Waals surface area contributed by atoms with E-state index in [1.54, 1.807) is 6.08 Å². The average molecular weight is 376 g/mol. The largest absolute Gasteiger partial charge is 0.493 e. The van der Waals surface area contributed by atoms with E-state index >= 15 is 0 Å². The highest BCUT2D eigenvalue weighted by molar-refractivity contribution is 5.92. The highest BCUT2D eigenvalue weighted by atomic mass is 16.5. The smallest absolute Gasteiger partial charge is 0.246 e. The van der Waals surface area contributed by atoms with Gasteiger partial charge >= 0.3 is 0 Å². The summed E-state index contributed by atoms with van der Waals surface area (Å²) in [5.74, 6) is 1.93. The van der Waals surface area contributed by atoms with E-state index in [1.165, 1.54) is 0 Å². The first-order chi connectivity index (χ1) is 13.8. The summed E-state index contributed by atoms with van der Waals surface area (Å²) in [7, 11) is 0. The Morgan fingerprint density at radius 1 is 1.21 bits per heavy atom. The van der Waals surface area contributed by atoms with Crippen molar-refractivity contribution in [1.29, 1.82) is 0 Å². The summed E-state index contributed by atoms with van der Waals surface area (Å²) in [6.45, 7) is 3.97. The van der Waals surface area contributed by atoms with Crippen molar-refractivity contribution in [2.24, 2.45) is 0 Å². The van der Waals surface area contributed by atoms with Gasteiger partial charge in [-0.05, 0) is 44.0 Å². The molecule has 4 rings (SSSR count). The fourth-order valence-corrected chi connectivity index (χ4v) is 3.70. The molecular weight excluding hydrogens is 352 g/mol. The van der Waals surface area contributed by atoms with E-state index in [9.17, 15) is 4.79 Å². The zero-order valence-electron chi connectivity index (χ0n) is 16.0. The topological polar surface area (TPSA) is 59.7 Å². The summed E-state index contributed by atoms with van der Waals surface area (Å²) in [6, 6.07) is 13.6. The Hall–Kier alpha value is -3.15. The van der Waals surface area contributed by atoms with Crippen LogP contribution in [0.1, 0.15) is 37.1 Å². The van der Waals surface area contributed by atoms with Gasteiger partial charge in [0.2, 0.25) is 5.91 Å². The van der Waals surface area contributed by atoms with E-state index in [-0.39, 0.29) is 11.8 Å². The molecule has 0 spiro atoms. The molecule has 2 aromatic heterocycles. The van der Waals surface area contributed by atoms with Crippen LogP contribution in [0.2, 0.25) is 0 Å². The molecule has 1 atom stereocenters. The lowest BCUT2D eigenvalue weighted by molar-refractivity contribution is -0.127. The van der Waals surface area contributed by atoms with Gasteiger partial charge in [-0.2, -0.15) is 0 Å². The Morgan fingerprint density at radius 2 is 2.07 bits per heavy atom. The van der Waals surface area contributed by atoms with E-state index in [1.807, 2.05) is 71.0 Å². The van der Waals surface area contributed by atoms with Crippen LogP contribution in [0.4, 0.5) is 0 Å². The number of aromatic nitrogens is 3. The van der Waals surface area contributed by atoms with E-state index in [4.69, 9.17) is 4.74 Å². The molecule has 144 valence electrons. The number of carbonyl (C=O) groups is 1. The Labute approximate surface area is 164 Å². The predicted molar refractivity (Wildman–Crippen MR) is 108 cm³/mol. The molecule has 6 heteroatoms. The standard InChI is InChI=1S/C22H24N4O2/c1-2-28-19-10-4-3-8-17(19)12-13-21(27)25-14-7-9-18(16-25)22-24-23-20-11-5-6-15-26(20)22/h3-6,8,10-13,15,18H,2,7,9,14,16H2,1H3/b13-12+. The zero-order chi connectivity index (χ0) is 19.3. The molecule has 1 amide bonds. The molecule has 1 saturated heterocycles. The first-order valence-corrected chi connectivity index (χ1v) is 9.74. The molecular formula is C22H24N4O2. The number of ether oxygens (including phenoxy) is 1. The Balaban J connectivity index is 1.48. The molecule has 0 radical (unpaired) electrons. The van der Waals surface area contributed by atoms with Gasteiger partial charge in [-0.15, -0.1) is 10.2 Å². The van der Waals surface area contributed by atoms with Crippen LogP contribution in [0.15, 0.2) is 54.7 Å². The van der Waals surface area contributed by atoms with Crippen molar-refractivity contribution in [3.05, 3.63) is 66.1 Å². The molecule has 0 aliphatic carbocycles. The molecule has 1 aliphatic heterocycles. The number of nitrogens with zero attached hydrogens (tertiary/aromatic N) is 4. The van der Waals surface area contributed by atoms with Crippen molar-refractivity contribution in [3.8, 4) is 5.75 Å². The first-order valence-electron chi connectivity index (χ1n) is 9.74. The average Bonchev–Trinajstić information content (AvgIpc) is 3.17. The van der Waals surface area contributed by atoms with Gasteiger partial charge in [0, 0.05) is 36.8 Å². The fraction of sp³-hybridized carbons (Fsp3) is 0.318. The predicted octanol–water partition coefficient (Wildman–Crippen LogP) is 3.55. The van der Waals surface area contributed by atoms with Crippen molar-refractivity contribution < 1.29 is 9.53 Å². The van der Waals surface area contributed by atoms with Gasteiger partial charge in [0.25, 0.3) is 0 Å². The summed E-state index contributed by atoms with van der Waals surface area (Å²) in [4.78, 5) is 14.7. The monoisotopic (exact) mass is 376 g/mol. The van der Waals surface area contributed by atoms with Gasteiger partial charge in [0.05, 0.1) is 6.61 Å². The van der Waals surface area contributed by atoms with E-state index in [2.05, 4.69) is 10.2 Å². The van der Waals surface area contributed by atoms with Crippen LogP contribution in [0.25, 0.3) is 11.7 Å². The molecule has 0 saturated carbocycles. The number of pyridine rings is 1. The molecule has 0 bridgehead atoms. The van der Waals surface area contributed by atoms with Gasteiger partial charge in [-0.3, -0.25) is 9.20 Å². The van der Waals surface area contributed by atoms with Crippen molar-refractivity contribution in [2.75, 3.05) is 19.7 Å². The molecule has 1 unspecified atom stereocenters. The summed E-state index contributed by atoms with van der Waals surface area (Å²) in [5.41, 5.74) is 1.75. The van der Waals surface area contributed by atoms with Gasteiger partial charge in [-0.1, -0.05) is 24.3 Å². The van der Waals surface area contributed by atoms with E-state index in [0.717, 1.165) is 42.2 Å². The van der Waals surface area contributed by atoms with Gasteiger partial charge < -0.3 is 9.64 Å². The SMILES string of the molecule is CCOc1ccccc1/C=C/C(=O)N1CCCC(c2nnc3ccccn23)C1. The van der Waals surface area contributed by atoms with Gasteiger partial charge in [-0.25, -0.2) is 0 Å². The first kappa shape index (κ1) is 18.2. The number of hydrogen-bond acceptors (Lipinski definition) is 4. The van der Waals surface area contributed by atoms with Crippen molar-refractivity contribution in [1.82, 2.24) is 19.5 Å². The third kappa shape index (κ3) is 3.76. The molecule has 3 aromatic rings. The summed E-state index contributed by atoms with van der Waals surface area (Å²) in [5, 5.41) is 8.63. The van der Waals surface area contributed by atoms with Crippen LogP contribution in [-0.2, 0) is 4.79 Å². The number of hydrogen-bond donors (Lipinski definition) is 0. The van der Waals surface area contributed by atoms with Crippen LogP contribution in [0.5, 0.6) is 5.75 Å². The van der Waals surface area contributed by atoms with E-state index in [0.29, 0.717) is 13.2 Å². The van der Waals surface area contributed by atoms with Crippen molar-refractivity contribution in [2.45, 2.75) is 25.7 Å². The molecule has 6 nitrogen and oxygen atoms in total. The number of amides is 1. The lowest BCUT2D eigenvalue weighted by Gasteiger charge is -2.31. The Kier molecular flexibility index (Phi) is 5.37. The molecule has 1 fully saturated rings. The number of carbonyl (C=O) groups excluding carboxylic acids is 1. The summed E-state index contributed by atoms with van der Waals surface area (Å²) >= 11 is 0. The highest BCUT2D eigenvalue weighted by Crippen LogP contribution is 2.26. The van der Waals surface area contributed by atoms with Gasteiger partial charge in [0.15, 0.2) is 5.65 Å². The van der Waals surface area contributed by atoms with Gasteiger partial charge in [0.1, 0.15) is 11.6 Å². The second kappa shape index (κ2) is 8.25. The maximum Gasteiger partial charge on any atom is 0.246 e. The highest BCUT2D eigenvalue weighted by Gasteiger charge is 2.27. The maximum absolute atomic E-state index is 12.8. The summed E-state index contributed by atoms with van der Waals surface area (Å²) < 4.78 is 7.65. The molecule has 1 aliphatic rings. The molecule has 0 N–H and O–H groups in total. The Morgan fingerprint density at radius 3 is 2.96 bits per heavy atom. The minimum Gasteiger partial charge on any atom is -0.493 e. The number of benzene rings is 1. The minimum atomic E-state index is 0.0184. The van der Waals surface area contributed by atoms with E-state index < -0.39 is 0 Å². The second-order valence-electron chi connectivity index (χ2n) is 6.91.